The molecule has 0 saturated heterocycles. The Kier molecular flexibility index (Phi) is 2.55. The summed E-state index contributed by atoms with van der Waals surface area (Å²) in [7, 11) is 0. The van der Waals surface area contributed by atoms with Gasteiger partial charge in [0.05, 0.1) is 21.5 Å². The maximum absolute atomic E-state index is 12.0. The molecule has 2 saturated carbocycles. The lowest BCUT2D eigenvalue weighted by molar-refractivity contribution is -0.124. The molecule has 5 heteroatoms. The minimum atomic E-state index is -0.736. The predicted octanol–water partition coefficient (Wildman–Crippen LogP) is 3.08. The van der Waals surface area contributed by atoms with Crippen molar-refractivity contribution >= 4 is 29.1 Å². The quantitative estimate of drug-likeness (QED) is 0.925. The van der Waals surface area contributed by atoms with E-state index in [0.717, 1.165) is 12.8 Å². The van der Waals surface area contributed by atoms with E-state index >= 15 is 0 Å². The zero-order valence-corrected chi connectivity index (χ0v) is 10.9. The van der Waals surface area contributed by atoms with E-state index in [1.165, 1.54) is 0 Å². The smallest absolute Gasteiger partial charge is 0.227 e. The fraction of sp³-hybridized carbons (Fsp3) is 0.385. The summed E-state index contributed by atoms with van der Waals surface area (Å²) in [5, 5.41) is 12.6. The van der Waals surface area contributed by atoms with Gasteiger partial charge in [-0.3, -0.25) is 4.79 Å². The van der Waals surface area contributed by atoms with Crippen molar-refractivity contribution in [2.45, 2.75) is 18.9 Å². The average Bonchev–Trinajstić information content (AvgIpc) is 3.18. The van der Waals surface area contributed by atoms with Crippen LogP contribution in [0, 0.1) is 22.7 Å². The highest BCUT2D eigenvalue weighted by Gasteiger charge is 2.74. The van der Waals surface area contributed by atoms with Gasteiger partial charge in [-0.05, 0) is 24.8 Å². The molecule has 1 aromatic carbocycles. The molecule has 18 heavy (non-hydrogen) atoms. The molecular weight excluding hydrogens is 271 g/mol. The number of benzene rings is 1. The first-order chi connectivity index (χ1) is 8.58. The molecule has 2 aliphatic carbocycles. The molecule has 1 amide bonds. The van der Waals surface area contributed by atoms with Crippen LogP contribution in [0.2, 0.25) is 10.0 Å². The monoisotopic (exact) mass is 280 g/mol. The van der Waals surface area contributed by atoms with Gasteiger partial charge in [0, 0.05) is 5.56 Å². The lowest BCUT2D eigenvalue weighted by atomic mass is 10.1. The van der Waals surface area contributed by atoms with Gasteiger partial charge in [0.2, 0.25) is 5.91 Å². The zero-order chi connectivity index (χ0) is 12.9. The van der Waals surface area contributed by atoms with Crippen LogP contribution in [0.15, 0.2) is 18.2 Å². The number of carbonyl (C=O) groups is 1. The summed E-state index contributed by atoms with van der Waals surface area (Å²) < 4.78 is 0. The summed E-state index contributed by atoms with van der Waals surface area (Å²) in [4.78, 5) is 12.0. The van der Waals surface area contributed by atoms with Crippen molar-refractivity contribution < 1.29 is 4.79 Å². The number of halogens is 2. The Morgan fingerprint density at radius 2 is 2.17 bits per heavy atom. The number of amides is 1. The third-order valence-corrected chi connectivity index (χ3v) is 4.67. The zero-order valence-electron chi connectivity index (χ0n) is 9.41. The molecule has 0 heterocycles. The third-order valence-electron chi connectivity index (χ3n) is 3.83. The van der Waals surface area contributed by atoms with Crippen LogP contribution >= 0.6 is 23.2 Å². The number of nitrogens with one attached hydrogen (secondary N) is 1. The fourth-order valence-corrected chi connectivity index (χ4v) is 2.69. The maximum Gasteiger partial charge on any atom is 0.227 e. The standard InChI is InChI=1S/C13H10Cl2N2O/c14-9-3-1-2-8(11(9)15)10(6-16)17-12(18)13-4-7(13)5-13/h1-3,7,10H,4-5H2,(H,17,18). The van der Waals surface area contributed by atoms with Crippen molar-refractivity contribution in [3.63, 3.8) is 0 Å². The summed E-state index contributed by atoms with van der Waals surface area (Å²) in [5.74, 6) is 0.516. The van der Waals surface area contributed by atoms with Crippen LogP contribution in [-0.4, -0.2) is 5.91 Å². The lowest BCUT2D eigenvalue weighted by Crippen LogP contribution is -2.31. The van der Waals surface area contributed by atoms with Crippen molar-refractivity contribution in [3.8, 4) is 6.07 Å². The molecule has 0 spiro atoms. The summed E-state index contributed by atoms with van der Waals surface area (Å²) in [6.07, 6.45) is 1.92. The Labute approximate surface area is 115 Å². The number of hydrogen-bond donors (Lipinski definition) is 1. The van der Waals surface area contributed by atoms with E-state index in [9.17, 15) is 10.1 Å². The minimum absolute atomic E-state index is 0.0323. The highest BCUT2D eigenvalue weighted by Crippen LogP contribution is 2.75. The summed E-state index contributed by atoms with van der Waals surface area (Å²) in [6, 6.07) is 6.40. The average molecular weight is 281 g/mol. The van der Waals surface area contributed by atoms with Gasteiger partial charge in [-0.15, -0.1) is 0 Å². The molecule has 3 rings (SSSR count). The van der Waals surface area contributed by atoms with Crippen LogP contribution in [0.1, 0.15) is 24.4 Å². The maximum atomic E-state index is 12.0. The number of nitrogens with zero attached hydrogens (tertiary/aromatic N) is 1. The molecule has 1 atom stereocenters. The number of rotatable bonds is 3. The van der Waals surface area contributed by atoms with Crippen molar-refractivity contribution in [3.05, 3.63) is 33.8 Å². The molecule has 2 fully saturated rings. The van der Waals surface area contributed by atoms with Crippen LogP contribution in [0.5, 0.6) is 0 Å². The second-order valence-corrected chi connectivity index (χ2v) is 5.73. The molecule has 0 aliphatic heterocycles. The van der Waals surface area contributed by atoms with Gasteiger partial charge in [-0.2, -0.15) is 5.26 Å². The Balaban J connectivity index is 1.81. The predicted molar refractivity (Wildman–Crippen MR) is 68.1 cm³/mol. The molecule has 1 unspecified atom stereocenters. The molecular formula is C13H10Cl2N2O. The van der Waals surface area contributed by atoms with E-state index < -0.39 is 6.04 Å². The Bertz CT molecular complexity index is 573. The summed E-state index contributed by atoms with van der Waals surface area (Å²) in [6.45, 7) is 0. The molecule has 1 N–H and O–H groups in total. The molecule has 3 nitrogen and oxygen atoms in total. The molecule has 2 aliphatic rings. The Morgan fingerprint density at radius 3 is 2.72 bits per heavy atom. The fourth-order valence-electron chi connectivity index (χ4n) is 2.27. The Hall–Kier alpha value is -1.24. The molecule has 0 aromatic heterocycles. The van der Waals surface area contributed by atoms with Gasteiger partial charge in [0.25, 0.3) is 0 Å². The van der Waals surface area contributed by atoms with Gasteiger partial charge in [0.15, 0.2) is 0 Å². The first-order valence-corrected chi connectivity index (χ1v) is 6.48. The molecule has 92 valence electrons. The van der Waals surface area contributed by atoms with Gasteiger partial charge >= 0.3 is 0 Å². The van der Waals surface area contributed by atoms with Crippen molar-refractivity contribution in [2.75, 3.05) is 0 Å². The second-order valence-electron chi connectivity index (χ2n) is 4.94. The summed E-state index contributed by atoms with van der Waals surface area (Å²) >= 11 is 12.0. The summed E-state index contributed by atoms with van der Waals surface area (Å²) in [5.41, 5.74) is 0.398. The second kappa shape index (κ2) is 3.88. The van der Waals surface area contributed by atoms with Crippen LogP contribution in [0.25, 0.3) is 0 Å². The van der Waals surface area contributed by atoms with E-state index in [-0.39, 0.29) is 11.3 Å². The third kappa shape index (κ3) is 1.68. The van der Waals surface area contributed by atoms with E-state index in [2.05, 4.69) is 11.4 Å². The first-order valence-electron chi connectivity index (χ1n) is 5.73. The van der Waals surface area contributed by atoms with Crippen molar-refractivity contribution in [2.24, 2.45) is 11.3 Å². The van der Waals surface area contributed by atoms with Gasteiger partial charge in [-0.1, -0.05) is 35.3 Å². The SMILES string of the molecule is N#CC(NC(=O)C12CC1C2)c1cccc(Cl)c1Cl. The van der Waals surface area contributed by atoms with Crippen LogP contribution in [0.3, 0.4) is 0 Å². The van der Waals surface area contributed by atoms with E-state index in [4.69, 9.17) is 23.2 Å². The van der Waals surface area contributed by atoms with E-state index in [1.54, 1.807) is 18.2 Å². The van der Waals surface area contributed by atoms with E-state index in [1.807, 2.05) is 0 Å². The molecule has 0 radical (unpaired) electrons. The van der Waals surface area contributed by atoms with Crippen molar-refractivity contribution in [1.29, 1.82) is 5.26 Å². The van der Waals surface area contributed by atoms with Gasteiger partial charge in [0.1, 0.15) is 6.04 Å². The number of nitriles is 1. The largest absolute Gasteiger partial charge is 0.336 e. The highest BCUT2D eigenvalue weighted by atomic mass is 35.5. The van der Waals surface area contributed by atoms with Crippen LogP contribution < -0.4 is 5.32 Å². The topological polar surface area (TPSA) is 52.9 Å². The number of hydrogen-bond acceptors (Lipinski definition) is 2. The van der Waals surface area contributed by atoms with Gasteiger partial charge < -0.3 is 5.32 Å². The normalized spacial score (nSPS) is 28.8. The highest BCUT2D eigenvalue weighted by molar-refractivity contribution is 6.42. The van der Waals surface area contributed by atoms with Crippen LogP contribution in [0.4, 0.5) is 0 Å². The van der Waals surface area contributed by atoms with Crippen molar-refractivity contribution in [1.82, 2.24) is 5.32 Å². The molecule has 1 aromatic rings. The van der Waals surface area contributed by atoms with Crippen LogP contribution in [-0.2, 0) is 4.79 Å². The lowest BCUT2D eigenvalue weighted by Gasteiger charge is -2.15. The number of carbonyl (C=O) groups excluding carboxylic acids is 1. The first kappa shape index (κ1) is 11.8. The van der Waals surface area contributed by atoms with E-state index in [0.29, 0.717) is 21.5 Å². The van der Waals surface area contributed by atoms with Gasteiger partial charge in [-0.25, -0.2) is 0 Å². The minimum Gasteiger partial charge on any atom is -0.336 e. The Morgan fingerprint density at radius 1 is 1.50 bits per heavy atom. The molecule has 0 bridgehead atoms. The number of fused-ring (bicyclic) bond motifs is 1.